The molecule has 11 nitrogen and oxygen atoms in total. The number of oxazole rings is 2. The number of nitrogens with two attached hydrogens (primary N) is 1. The minimum absolute atomic E-state index is 0. The molecule has 0 bridgehead atoms. The van der Waals surface area contributed by atoms with E-state index in [9.17, 15) is 9.59 Å². The number of aromatic nitrogens is 2. The Balaban J connectivity index is 0.000000198. The van der Waals surface area contributed by atoms with E-state index in [1.165, 1.54) is 167 Å². The lowest BCUT2D eigenvalue weighted by Gasteiger charge is -2.39. The zero-order valence-electron chi connectivity index (χ0n) is 38.7. The molecule has 4 heterocycles. The van der Waals surface area contributed by atoms with Gasteiger partial charge in [0.1, 0.15) is 0 Å². The van der Waals surface area contributed by atoms with Crippen LogP contribution in [-0.4, -0.2) is 88.1 Å². The first kappa shape index (κ1) is 51.0. The Morgan fingerprint density at radius 3 is 1.64 bits per heavy atom. The summed E-state index contributed by atoms with van der Waals surface area (Å²) >= 11 is 0. The molecular formula is C52H77ClN6O5. The number of nitrogens with one attached hydrogen (secondary N) is 1. The number of aromatic carboxylic acids is 1. The van der Waals surface area contributed by atoms with E-state index in [4.69, 9.17) is 19.7 Å². The number of carbonyl (C=O) groups excluding carboxylic acids is 1. The molecule has 2 aliphatic heterocycles. The van der Waals surface area contributed by atoms with Crippen molar-refractivity contribution in [2.45, 2.75) is 142 Å². The standard InChI is InChI=1S/C26H37N3O2.C16H32N2.C10H7NO3.ClH/c1-2-3-7-20-8-6-15-29(17-20)18-23-9-4-5-10-24(23)28-26(30)22-13-11-21(12-14-22)25-16-27-19-31-25;1-2-3-7-14-8-6-11-18(12-14)13-15-9-4-5-10-16(15)17;12-10(13)8-3-1-7(2-4-8)9-5-11-6-14-9;/h11-14,16,19-20,23-24H,2-10,15,17-18H2,1H3,(H,28,30);14-16H,2-13,17H2,1H3;1-6H,(H,12,13);1H/t20?,23-,24+;14?,15-,16+;;/m00../s1. The van der Waals surface area contributed by atoms with Crippen LogP contribution < -0.4 is 11.1 Å². The maximum absolute atomic E-state index is 13.0. The van der Waals surface area contributed by atoms with Crippen LogP contribution in [0, 0.1) is 23.7 Å². The molecule has 4 fully saturated rings. The van der Waals surface area contributed by atoms with Crippen LogP contribution in [0.25, 0.3) is 22.6 Å². The first-order valence-electron chi connectivity index (χ1n) is 24.5. The molecule has 6 atom stereocenters. The highest BCUT2D eigenvalue weighted by molar-refractivity contribution is 5.94. The third-order valence-electron chi connectivity index (χ3n) is 14.0. The van der Waals surface area contributed by atoms with Crippen molar-refractivity contribution in [1.82, 2.24) is 25.1 Å². The number of carbonyl (C=O) groups is 2. The Kier molecular flexibility index (Phi) is 21.9. The van der Waals surface area contributed by atoms with Crippen molar-refractivity contribution in [3.8, 4) is 22.6 Å². The van der Waals surface area contributed by atoms with Gasteiger partial charge in [-0.3, -0.25) is 4.79 Å². The molecule has 2 saturated carbocycles. The molecule has 4 aliphatic rings. The van der Waals surface area contributed by atoms with Gasteiger partial charge in [0.25, 0.3) is 5.91 Å². The highest BCUT2D eigenvalue weighted by Gasteiger charge is 2.31. The summed E-state index contributed by atoms with van der Waals surface area (Å²) in [5.41, 5.74) is 9.00. The molecule has 64 heavy (non-hydrogen) atoms. The van der Waals surface area contributed by atoms with Gasteiger partial charge < -0.3 is 34.8 Å². The van der Waals surface area contributed by atoms with E-state index in [1.807, 2.05) is 24.3 Å². The maximum atomic E-state index is 13.0. The fourth-order valence-electron chi connectivity index (χ4n) is 10.4. The molecular weight excluding hydrogens is 824 g/mol. The summed E-state index contributed by atoms with van der Waals surface area (Å²) in [5, 5.41) is 12.0. The van der Waals surface area contributed by atoms with Crippen molar-refractivity contribution in [3.05, 3.63) is 84.8 Å². The summed E-state index contributed by atoms with van der Waals surface area (Å²) in [6.45, 7) is 12.2. The number of piperidine rings is 2. The number of nitrogens with zero attached hydrogens (tertiary/aromatic N) is 4. The third kappa shape index (κ3) is 16.1. The van der Waals surface area contributed by atoms with Gasteiger partial charge in [-0.2, -0.15) is 0 Å². The van der Waals surface area contributed by atoms with Gasteiger partial charge in [-0.1, -0.05) is 89.5 Å². The fraction of sp³-hybridized carbons (Fsp3) is 0.615. The number of halogens is 1. The van der Waals surface area contributed by atoms with E-state index < -0.39 is 5.97 Å². The summed E-state index contributed by atoms with van der Waals surface area (Å²) in [4.78, 5) is 36.7. The van der Waals surface area contributed by atoms with Gasteiger partial charge in [-0.05, 0) is 125 Å². The number of rotatable bonds is 15. The largest absolute Gasteiger partial charge is 0.478 e. The van der Waals surface area contributed by atoms with Crippen molar-refractivity contribution in [2.24, 2.45) is 29.4 Å². The van der Waals surface area contributed by atoms with Gasteiger partial charge >= 0.3 is 5.97 Å². The predicted octanol–water partition coefficient (Wildman–Crippen LogP) is 11.4. The van der Waals surface area contributed by atoms with Crippen LogP contribution in [0.1, 0.15) is 150 Å². The van der Waals surface area contributed by atoms with E-state index >= 15 is 0 Å². The minimum atomic E-state index is -0.936. The SMILES string of the molecule is CCCCC1CCCN(C[C@@H]2CCCC[C@H]2N)C1.CCCCC1CCCN(C[C@@H]2CCCC[C@H]2NC(=O)c2ccc(-c3cnco3)cc2)C1.Cl.O=C(O)c1ccc(-c2cnco2)cc1. The number of hydrogen-bond donors (Lipinski definition) is 3. The highest BCUT2D eigenvalue weighted by Crippen LogP contribution is 2.30. The molecule has 2 aliphatic carbocycles. The van der Waals surface area contributed by atoms with Crippen molar-refractivity contribution in [2.75, 3.05) is 39.3 Å². The summed E-state index contributed by atoms with van der Waals surface area (Å²) in [6, 6.07) is 14.8. The van der Waals surface area contributed by atoms with E-state index in [1.54, 1.807) is 24.5 Å². The second-order valence-corrected chi connectivity index (χ2v) is 18.8. The van der Waals surface area contributed by atoms with Gasteiger partial charge in [0.05, 0.1) is 18.0 Å². The van der Waals surface area contributed by atoms with Gasteiger partial charge in [-0.15, -0.1) is 12.4 Å². The highest BCUT2D eigenvalue weighted by atomic mass is 35.5. The van der Waals surface area contributed by atoms with E-state index in [-0.39, 0.29) is 29.9 Å². The van der Waals surface area contributed by atoms with Crippen molar-refractivity contribution in [3.63, 3.8) is 0 Å². The van der Waals surface area contributed by atoms with Gasteiger partial charge in [0, 0.05) is 55.0 Å². The van der Waals surface area contributed by atoms with Crippen LogP contribution in [0.15, 0.2) is 82.5 Å². The van der Waals surface area contributed by atoms with E-state index in [2.05, 4.69) is 38.9 Å². The van der Waals surface area contributed by atoms with Crippen LogP contribution in [0.2, 0.25) is 0 Å². The number of amides is 1. The molecule has 352 valence electrons. The van der Waals surface area contributed by atoms with Crippen LogP contribution in [0.5, 0.6) is 0 Å². The quantitative estimate of drug-likeness (QED) is 0.105. The number of carboxylic acid groups (broad SMARTS) is 1. The number of unbranched alkanes of at least 4 members (excludes halogenated alkanes) is 2. The Morgan fingerprint density at radius 1 is 0.672 bits per heavy atom. The van der Waals surface area contributed by atoms with E-state index in [0.717, 1.165) is 47.6 Å². The molecule has 8 rings (SSSR count). The fourth-order valence-corrected chi connectivity index (χ4v) is 10.4. The molecule has 4 aromatic rings. The maximum Gasteiger partial charge on any atom is 0.335 e. The lowest BCUT2D eigenvalue weighted by atomic mass is 9.83. The summed E-state index contributed by atoms with van der Waals surface area (Å²) in [7, 11) is 0. The van der Waals surface area contributed by atoms with Crippen molar-refractivity contribution < 1.29 is 23.5 Å². The zero-order valence-corrected chi connectivity index (χ0v) is 39.5. The molecule has 2 saturated heterocycles. The lowest BCUT2D eigenvalue weighted by Crippen LogP contribution is -2.48. The Hall–Kier alpha value is -4.03. The normalized spacial score (nSPS) is 23.9. The first-order valence-corrected chi connectivity index (χ1v) is 24.5. The average molecular weight is 902 g/mol. The number of hydrogen-bond acceptors (Lipinski definition) is 9. The van der Waals surface area contributed by atoms with Gasteiger partial charge in [0.15, 0.2) is 24.3 Å². The van der Waals surface area contributed by atoms with Crippen LogP contribution in [0.3, 0.4) is 0 Å². The van der Waals surface area contributed by atoms with Crippen LogP contribution >= 0.6 is 12.4 Å². The Labute approximate surface area is 389 Å². The number of benzene rings is 2. The topological polar surface area (TPSA) is 151 Å². The van der Waals surface area contributed by atoms with Crippen molar-refractivity contribution in [1.29, 1.82) is 0 Å². The first-order chi connectivity index (χ1) is 30.8. The molecule has 0 spiro atoms. The molecule has 2 unspecified atom stereocenters. The smallest absolute Gasteiger partial charge is 0.335 e. The van der Waals surface area contributed by atoms with Gasteiger partial charge in [0.2, 0.25) is 0 Å². The van der Waals surface area contributed by atoms with Crippen LogP contribution in [-0.2, 0) is 0 Å². The van der Waals surface area contributed by atoms with E-state index in [0.29, 0.717) is 23.3 Å². The molecule has 4 N–H and O–H groups in total. The summed E-state index contributed by atoms with van der Waals surface area (Å²) in [5.74, 6) is 3.64. The predicted molar refractivity (Wildman–Crippen MR) is 259 cm³/mol. The molecule has 12 heteroatoms. The van der Waals surface area contributed by atoms with Crippen molar-refractivity contribution >= 4 is 24.3 Å². The lowest BCUT2D eigenvalue weighted by molar-refractivity contribution is 0.0696. The number of likely N-dealkylation sites (tertiary alicyclic amines) is 2. The Bertz CT molecular complexity index is 1870. The van der Waals surface area contributed by atoms with Gasteiger partial charge in [-0.25, -0.2) is 14.8 Å². The average Bonchev–Trinajstić information content (AvgIpc) is 4.07. The second kappa shape index (κ2) is 27.4. The number of carboxylic acids is 1. The minimum Gasteiger partial charge on any atom is -0.478 e. The molecule has 1 amide bonds. The summed E-state index contributed by atoms with van der Waals surface area (Å²) in [6.07, 6.45) is 30.1. The molecule has 2 aromatic carbocycles. The second-order valence-electron chi connectivity index (χ2n) is 18.8. The monoisotopic (exact) mass is 901 g/mol. The summed E-state index contributed by atoms with van der Waals surface area (Å²) < 4.78 is 10.4. The third-order valence-corrected chi connectivity index (χ3v) is 14.0. The van der Waals surface area contributed by atoms with Crippen LogP contribution in [0.4, 0.5) is 0 Å². The molecule has 2 aromatic heterocycles. The zero-order chi connectivity index (χ0) is 44.2. The Morgan fingerprint density at radius 2 is 1.16 bits per heavy atom. The molecule has 0 radical (unpaired) electrons.